The van der Waals surface area contributed by atoms with Crippen molar-refractivity contribution < 1.29 is 24.1 Å². The number of nitrogens with one attached hydrogen (secondary N) is 1. The number of Topliss-reactive ketones (excluding diaryl/α,β-unsaturated/α-hetero) is 1. The molecule has 0 spiro atoms. The summed E-state index contributed by atoms with van der Waals surface area (Å²) < 4.78 is 0. The van der Waals surface area contributed by atoms with Gasteiger partial charge in [-0.3, -0.25) is 29.3 Å². The lowest BCUT2D eigenvalue weighted by Gasteiger charge is -2.13. The first-order valence-electron chi connectivity index (χ1n) is 10.6. The number of nitrogens with zero attached hydrogens (tertiary/aromatic N) is 3. The summed E-state index contributed by atoms with van der Waals surface area (Å²) in [7, 11) is 0. The Morgan fingerprint density at radius 1 is 1.00 bits per heavy atom. The fourth-order valence-electron chi connectivity index (χ4n) is 3.56. The average molecular weight is 505 g/mol. The van der Waals surface area contributed by atoms with E-state index in [0.29, 0.717) is 21.2 Å². The SMILES string of the molecule is O=C(NCc1cccc(Cl)c1)C(=O)C1C(=O)N(C(=O)c2ccc([N+](=O)[O-])cc2)N=C1c1ccccc1. The Bertz CT molecular complexity index is 1410. The van der Waals surface area contributed by atoms with E-state index in [-0.39, 0.29) is 23.5 Å². The molecule has 1 heterocycles. The normalized spacial score (nSPS) is 14.8. The number of rotatable bonds is 7. The first kappa shape index (κ1) is 24.4. The van der Waals surface area contributed by atoms with Gasteiger partial charge in [0.15, 0.2) is 5.92 Å². The summed E-state index contributed by atoms with van der Waals surface area (Å²) in [5, 5.41) is 18.4. The summed E-state index contributed by atoms with van der Waals surface area (Å²) in [4.78, 5) is 62.3. The van der Waals surface area contributed by atoms with Gasteiger partial charge in [0, 0.05) is 29.3 Å². The third-order valence-corrected chi connectivity index (χ3v) is 5.59. The van der Waals surface area contributed by atoms with Crippen LogP contribution in [0.4, 0.5) is 5.69 Å². The van der Waals surface area contributed by atoms with Crippen molar-refractivity contribution in [1.82, 2.24) is 10.3 Å². The third-order valence-electron chi connectivity index (χ3n) is 5.35. The molecule has 0 saturated carbocycles. The van der Waals surface area contributed by atoms with E-state index in [4.69, 9.17) is 11.6 Å². The van der Waals surface area contributed by atoms with Crippen LogP contribution in [0.3, 0.4) is 0 Å². The van der Waals surface area contributed by atoms with Crippen LogP contribution in [0.2, 0.25) is 5.02 Å². The summed E-state index contributed by atoms with van der Waals surface area (Å²) in [6.45, 7) is -0.00467. The predicted octanol–water partition coefficient (Wildman–Crippen LogP) is 3.14. The summed E-state index contributed by atoms with van der Waals surface area (Å²) in [5.74, 6) is -5.64. The number of amides is 3. The summed E-state index contributed by atoms with van der Waals surface area (Å²) in [5.41, 5.74) is 0.679. The third kappa shape index (κ3) is 5.03. The molecule has 1 aliphatic heterocycles. The Kier molecular flexibility index (Phi) is 6.98. The van der Waals surface area contributed by atoms with Crippen LogP contribution in [-0.4, -0.2) is 39.1 Å². The Morgan fingerprint density at radius 2 is 1.69 bits per heavy atom. The molecule has 0 saturated heterocycles. The van der Waals surface area contributed by atoms with Crippen molar-refractivity contribution in [3.05, 3.63) is 111 Å². The van der Waals surface area contributed by atoms with Gasteiger partial charge in [0.1, 0.15) is 0 Å². The summed E-state index contributed by atoms with van der Waals surface area (Å²) in [6.07, 6.45) is 0. The second-order valence-corrected chi connectivity index (χ2v) is 8.16. The summed E-state index contributed by atoms with van der Waals surface area (Å²) >= 11 is 5.94. The van der Waals surface area contributed by atoms with Crippen LogP contribution in [0.25, 0.3) is 0 Å². The van der Waals surface area contributed by atoms with E-state index in [1.807, 2.05) is 0 Å². The largest absolute Gasteiger partial charge is 0.345 e. The Balaban J connectivity index is 1.60. The lowest BCUT2D eigenvalue weighted by Crippen LogP contribution is -2.43. The predicted molar refractivity (Wildman–Crippen MR) is 129 cm³/mol. The Labute approximate surface area is 209 Å². The minimum Gasteiger partial charge on any atom is -0.345 e. The molecule has 0 fully saturated rings. The van der Waals surface area contributed by atoms with Crippen molar-refractivity contribution in [3.8, 4) is 0 Å². The molecule has 4 rings (SSSR count). The zero-order chi connectivity index (χ0) is 25.8. The van der Waals surface area contributed by atoms with Crippen LogP contribution in [-0.2, 0) is 20.9 Å². The Morgan fingerprint density at radius 3 is 2.33 bits per heavy atom. The van der Waals surface area contributed by atoms with E-state index in [2.05, 4.69) is 10.4 Å². The second kappa shape index (κ2) is 10.3. The number of carbonyl (C=O) groups is 4. The number of non-ortho nitro benzene ring substituents is 1. The monoisotopic (exact) mass is 504 g/mol. The molecule has 3 aromatic carbocycles. The number of ketones is 1. The van der Waals surface area contributed by atoms with Crippen LogP contribution in [0.5, 0.6) is 0 Å². The molecule has 0 aliphatic carbocycles. The highest BCUT2D eigenvalue weighted by Crippen LogP contribution is 2.25. The number of carbonyl (C=O) groups excluding carboxylic acids is 4. The maximum atomic E-state index is 13.2. The maximum Gasteiger partial charge on any atom is 0.288 e. The molecule has 180 valence electrons. The van der Waals surface area contributed by atoms with Crippen molar-refractivity contribution in [2.45, 2.75) is 6.54 Å². The van der Waals surface area contributed by atoms with Crippen LogP contribution in [0, 0.1) is 16.0 Å². The molecule has 1 N–H and O–H groups in total. The van der Waals surface area contributed by atoms with Gasteiger partial charge in [0.2, 0.25) is 5.78 Å². The molecule has 1 unspecified atom stereocenters. The van der Waals surface area contributed by atoms with Gasteiger partial charge >= 0.3 is 0 Å². The van der Waals surface area contributed by atoms with Gasteiger partial charge < -0.3 is 5.32 Å². The lowest BCUT2D eigenvalue weighted by atomic mass is 9.92. The second-order valence-electron chi connectivity index (χ2n) is 7.72. The molecule has 0 bridgehead atoms. The highest BCUT2D eigenvalue weighted by Gasteiger charge is 2.46. The van der Waals surface area contributed by atoms with Gasteiger partial charge in [-0.05, 0) is 35.4 Å². The zero-order valence-electron chi connectivity index (χ0n) is 18.5. The van der Waals surface area contributed by atoms with E-state index < -0.39 is 34.3 Å². The van der Waals surface area contributed by atoms with Crippen LogP contribution >= 0.6 is 11.6 Å². The molecule has 11 heteroatoms. The molecule has 1 aliphatic rings. The number of imide groups is 1. The first-order valence-corrected chi connectivity index (χ1v) is 11.0. The molecule has 10 nitrogen and oxygen atoms in total. The van der Waals surface area contributed by atoms with Crippen molar-refractivity contribution in [3.63, 3.8) is 0 Å². The number of nitro benzene ring substituents is 1. The van der Waals surface area contributed by atoms with Crippen molar-refractivity contribution in [1.29, 1.82) is 0 Å². The number of hydrogen-bond donors (Lipinski definition) is 1. The molecule has 3 amide bonds. The number of nitro groups is 1. The fourth-order valence-corrected chi connectivity index (χ4v) is 3.78. The van der Waals surface area contributed by atoms with E-state index in [0.717, 1.165) is 12.1 Å². The van der Waals surface area contributed by atoms with Crippen molar-refractivity contribution >= 4 is 46.5 Å². The first-order chi connectivity index (χ1) is 17.3. The fraction of sp³-hybridized carbons (Fsp3) is 0.0800. The van der Waals surface area contributed by atoms with Crippen molar-refractivity contribution in [2.24, 2.45) is 11.0 Å². The molecule has 1 atom stereocenters. The number of benzene rings is 3. The van der Waals surface area contributed by atoms with Gasteiger partial charge in [-0.15, -0.1) is 0 Å². The minimum absolute atomic E-state index is 0.00467. The van der Waals surface area contributed by atoms with Gasteiger partial charge in [-0.2, -0.15) is 10.1 Å². The highest BCUT2D eigenvalue weighted by molar-refractivity contribution is 6.48. The van der Waals surface area contributed by atoms with Crippen LogP contribution in [0.1, 0.15) is 21.5 Å². The van der Waals surface area contributed by atoms with Gasteiger partial charge in [-0.1, -0.05) is 54.1 Å². The van der Waals surface area contributed by atoms with E-state index in [1.165, 1.54) is 12.1 Å². The lowest BCUT2D eigenvalue weighted by molar-refractivity contribution is -0.384. The van der Waals surface area contributed by atoms with Crippen LogP contribution in [0.15, 0.2) is 84.0 Å². The topological polar surface area (TPSA) is 139 Å². The molecule has 3 aromatic rings. The summed E-state index contributed by atoms with van der Waals surface area (Å²) in [6, 6.07) is 19.5. The minimum atomic E-state index is -1.64. The molecule has 0 radical (unpaired) electrons. The molecular formula is C25H17ClN4O6. The van der Waals surface area contributed by atoms with E-state index >= 15 is 0 Å². The molecule has 36 heavy (non-hydrogen) atoms. The molecular weight excluding hydrogens is 488 g/mol. The average Bonchev–Trinajstić information content (AvgIpc) is 3.23. The Hall–Kier alpha value is -4.70. The number of hydrazone groups is 1. The quantitative estimate of drug-likeness (QED) is 0.172. The van der Waals surface area contributed by atoms with Gasteiger partial charge in [-0.25, -0.2) is 0 Å². The van der Waals surface area contributed by atoms with Gasteiger partial charge in [0.05, 0.1) is 10.6 Å². The highest BCUT2D eigenvalue weighted by atomic mass is 35.5. The van der Waals surface area contributed by atoms with Crippen molar-refractivity contribution in [2.75, 3.05) is 0 Å². The molecule has 0 aromatic heterocycles. The van der Waals surface area contributed by atoms with E-state index in [9.17, 15) is 29.3 Å². The number of hydrogen-bond acceptors (Lipinski definition) is 7. The standard InChI is InChI=1S/C25H17ClN4O6/c26-18-8-4-5-15(13-18)14-27-23(32)22(31)20-21(16-6-2-1-3-7-16)28-29(25(20)34)24(33)17-9-11-19(12-10-17)30(35)36/h1-13,20H,14H2,(H,27,32). The van der Waals surface area contributed by atoms with E-state index in [1.54, 1.807) is 54.6 Å². The van der Waals surface area contributed by atoms with Crippen LogP contribution < -0.4 is 5.32 Å². The smallest absolute Gasteiger partial charge is 0.288 e. The zero-order valence-corrected chi connectivity index (χ0v) is 19.2. The number of halogens is 1. The van der Waals surface area contributed by atoms with Gasteiger partial charge in [0.25, 0.3) is 23.4 Å². The maximum absolute atomic E-state index is 13.2.